The van der Waals surface area contributed by atoms with Gasteiger partial charge >= 0.3 is 0 Å². The van der Waals surface area contributed by atoms with Gasteiger partial charge in [-0.2, -0.15) is 0 Å². The van der Waals surface area contributed by atoms with E-state index in [9.17, 15) is 9.59 Å². The van der Waals surface area contributed by atoms with E-state index in [0.29, 0.717) is 5.75 Å². The summed E-state index contributed by atoms with van der Waals surface area (Å²) in [5.41, 5.74) is 3.80. The molecular weight excluding hydrogens is 334 g/mol. The third-order valence-corrected chi connectivity index (χ3v) is 5.24. The van der Waals surface area contributed by atoms with E-state index in [4.69, 9.17) is 0 Å². The molecule has 0 aliphatic carbocycles. The lowest BCUT2D eigenvalue weighted by Gasteiger charge is -2.25. The highest BCUT2D eigenvalue weighted by Crippen LogP contribution is 2.42. The van der Waals surface area contributed by atoms with Crippen LogP contribution >= 0.6 is 11.8 Å². The quantitative estimate of drug-likeness (QED) is 0.912. The minimum Gasteiger partial charge on any atom is -0.378 e. The second-order valence-electron chi connectivity index (χ2n) is 6.14. The Kier molecular flexibility index (Phi) is 4.99. The van der Waals surface area contributed by atoms with Gasteiger partial charge in [-0.3, -0.25) is 14.5 Å². The number of nitrogens with one attached hydrogen (secondary N) is 1. The summed E-state index contributed by atoms with van der Waals surface area (Å²) in [5.74, 6) is 0.479. The van der Waals surface area contributed by atoms with Gasteiger partial charge < -0.3 is 10.2 Å². The number of nitrogens with zero attached hydrogens (tertiary/aromatic N) is 2. The van der Waals surface area contributed by atoms with Crippen LogP contribution in [0.1, 0.15) is 17.9 Å². The highest BCUT2D eigenvalue weighted by Gasteiger charge is 2.33. The van der Waals surface area contributed by atoms with Crippen molar-refractivity contribution in [2.24, 2.45) is 0 Å². The average Bonchev–Trinajstić information content (AvgIpc) is 2.96. The van der Waals surface area contributed by atoms with Gasteiger partial charge in [-0.25, -0.2) is 0 Å². The summed E-state index contributed by atoms with van der Waals surface area (Å²) in [6.45, 7) is 1.48. The molecule has 0 radical (unpaired) electrons. The second kappa shape index (κ2) is 7.19. The molecule has 0 saturated carbocycles. The zero-order valence-electron chi connectivity index (χ0n) is 14.5. The van der Waals surface area contributed by atoms with Crippen LogP contribution in [0.15, 0.2) is 48.5 Å². The largest absolute Gasteiger partial charge is 0.378 e. The minimum absolute atomic E-state index is 0.0518. The Labute approximate surface area is 152 Å². The molecule has 0 bridgehead atoms. The van der Waals surface area contributed by atoms with Gasteiger partial charge in [0.1, 0.15) is 5.37 Å². The van der Waals surface area contributed by atoms with Crippen molar-refractivity contribution < 1.29 is 9.59 Å². The summed E-state index contributed by atoms with van der Waals surface area (Å²) in [5, 5.41) is 2.71. The van der Waals surface area contributed by atoms with E-state index in [1.807, 2.05) is 72.4 Å². The predicted molar refractivity (Wildman–Crippen MR) is 104 cm³/mol. The van der Waals surface area contributed by atoms with E-state index in [1.165, 1.54) is 6.92 Å². The van der Waals surface area contributed by atoms with Crippen molar-refractivity contribution in [3.63, 3.8) is 0 Å². The molecule has 1 aliphatic rings. The van der Waals surface area contributed by atoms with Crippen molar-refractivity contribution in [3.05, 3.63) is 54.1 Å². The van der Waals surface area contributed by atoms with Gasteiger partial charge in [0.15, 0.2) is 0 Å². The van der Waals surface area contributed by atoms with Crippen LogP contribution < -0.4 is 15.1 Å². The summed E-state index contributed by atoms with van der Waals surface area (Å²) in [6, 6.07) is 15.7. The Morgan fingerprint density at radius 3 is 2.32 bits per heavy atom. The molecule has 6 heteroatoms. The van der Waals surface area contributed by atoms with Crippen molar-refractivity contribution >= 4 is 40.6 Å². The van der Waals surface area contributed by atoms with Crippen LogP contribution in [0.3, 0.4) is 0 Å². The molecule has 25 heavy (non-hydrogen) atoms. The van der Waals surface area contributed by atoms with Crippen LogP contribution in [0.25, 0.3) is 0 Å². The van der Waals surface area contributed by atoms with E-state index < -0.39 is 0 Å². The third kappa shape index (κ3) is 3.79. The third-order valence-electron chi connectivity index (χ3n) is 4.03. The number of amides is 2. The molecule has 0 aromatic heterocycles. The Morgan fingerprint density at radius 1 is 1.12 bits per heavy atom. The van der Waals surface area contributed by atoms with Gasteiger partial charge in [0.25, 0.3) is 0 Å². The lowest BCUT2D eigenvalue weighted by atomic mass is 10.1. The number of thioether (sulfide) groups is 1. The Balaban J connectivity index is 1.85. The summed E-state index contributed by atoms with van der Waals surface area (Å²) in [6.07, 6.45) is 0. The molecule has 3 rings (SSSR count). The fraction of sp³-hybridized carbons (Fsp3) is 0.263. The Bertz CT molecular complexity index is 772. The molecule has 1 fully saturated rings. The summed E-state index contributed by atoms with van der Waals surface area (Å²) >= 11 is 1.62. The number of rotatable bonds is 4. The van der Waals surface area contributed by atoms with Crippen LogP contribution in [-0.2, 0) is 9.59 Å². The number of carbonyl (C=O) groups is 2. The molecule has 1 heterocycles. The van der Waals surface area contributed by atoms with Gasteiger partial charge in [-0.05, 0) is 42.0 Å². The molecule has 130 valence electrons. The molecule has 1 saturated heterocycles. The van der Waals surface area contributed by atoms with Crippen LogP contribution in [0.2, 0.25) is 0 Å². The maximum Gasteiger partial charge on any atom is 0.238 e. The molecule has 0 spiro atoms. The van der Waals surface area contributed by atoms with E-state index in [2.05, 4.69) is 5.32 Å². The maximum atomic E-state index is 12.4. The molecule has 2 aromatic rings. The highest BCUT2D eigenvalue weighted by molar-refractivity contribution is 8.00. The number of carbonyl (C=O) groups excluding carboxylic acids is 2. The average molecular weight is 355 g/mol. The van der Waals surface area contributed by atoms with E-state index in [0.717, 1.165) is 22.6 Å². The monoisotopic (exact) mass is 355 g/mol. The summed E-state index contributed by atoms with van der Waals surface area (Å²) in [7, 11) is 3.98. The summed E-state index contributed by atoms with van der Waals surface area (Å²) < 4.78 is 0. The number of benzene rings is 2. The molecular formula is C19H21N3O2S. The van der Waals surface area contributed by atoms with Crippen LogP contribution in [-0.4, -0.2) is 31.7 Å². The topological polar surface area (TPSA) is 52.7 Å². The molecule has 2 amide bonds. The Morgan fingerprint density at radius 2 is 1.76 bits per heavy atom. The summed E-state index contributed by atoms with van der Waals surface area (Å²) in [4.78, 5) is 27.4. The normalized spacial score (nSPS) is 16.8. The molecule has 1 N–H and O–H groups in total. The van der Waals surface area contributed by atoms with Crippen molar-refractivity contribution in [1.82, 2.24) is 0 Å². The number of anilines is 3. The lowest BCUT2D eigenvalue weighted by Crippen LogP contribution is -2.27. The van der Waals surface area contributed by atoms with Gasteiger partial charge in [-0.1, -0.05) is 12.1 Å². The Hall–Kier alpha value is -2.47. The van der Waals surface area contributed by atoms with Gasteiger partial charge in [0.05, 0.1) is 5.75 Å². The van der Waals surface area contributed by atoms with E-state index in [-0.39, 0.29) is 17.2 Å². The zero-order chi connectivity index (χ0) is 18.0. The molecule has 5 nitrogen and oxygen atoms in total. The van der Waals surface area contributed by atoms with Crippen LogP contribution in [0.5, 0.6) is 0 Å². The van der Waals surface area contributed by atoms with Gasteiger partial charge in [0, 0.05) is 38.1 Å². The van der Waals surface area contributed by atoms with E-state index in [1.54, 1.807) is 11.8 Å². The van der Waals surface area contributed by atoms with Crippen LogP contribution in [0.4, 0.5) is 17.1 Å². The first kappa shape index (κ1) is 17.4. The molecule has 2 aromatic carbocycles. The maximum absolute atomic E-state index is 12.4. The SMILES string of the molecule is CC(=O)Nc1ccc([C@H]2SCC(=O)N2c2ccc(N(C)C)cc2)cc1. The zero-order valence-corrected chi connectivity index (χ0v) is 15.3. The standard InChI is InChI=1S/C19H21N3O2S/c1-13(23)20-15-6-4-14(5-7-15)19-22(18(24)12-25-19)17-10-8-16(9-11-17)21(2)3/h4-11,19H,12H2,1-3H3,(H,20,23)/t19-/m1/s1. The second-order valence-corrected chi connectivity index (χ2v) is 7.21. The van der Waals surface area contributed by atoms with Gasteiger partial charge in [0.2, 0.25) is 11.8 Å². The molecule has 1 atom stereocenters. The highest BCUT2D eigenvalue weighted by atomic mass is 32.2. The van der Waals surface area contributed by atoms with Crippen molar-refractivity contribution in [2.45, 2.75) is 12.3 Å². The van der Waals surface area contributed by atoms with Gasteiger partial charge in [-0.15, -0.1) is 11.8 Å². The molecule has 0 unspecified atom stereocenters. The first-order valence-corrected chi connectivity index (χ1v) is 9.09. The smallest absolute Gasteiger partial charge is 0.238 e. The minimum atomic E-state index is -0.0965. The predicted octanol–water partition coefficient (Wildman–Crippen LogP) is 3.49. The van der Waals surface area contributed by atoms with Crippen molar-refractivity contribution in [1.29, 1.82) is 0 Å². The lowest BCUT2D eigenvalue weighted by molar-refractivity contribution is -0.116. The number of hydrogen-bond acceptors (Lipinski definition) is 4. The van der Waals surface area contributed by atoms with Crippen molar-refractivity contribution in [3.8, 4) is 0 Å². The molecule has 1 aliphatic heterocycles. The fourth-order valence-corrected chi connectivity index (χ4v) is 3.97. The van der Waals surface area contributed by atoms with Crippen molar-refractivity contribution in [2.75, 3.05) is 35.0 Å². The first-order valence-electron chi connectivity index (χ1n) is 8.04. The first-order chi connectivity index (χ1) is 12.0. The fourth-order valence-electron chi connectivity index (χ4n) is 2.80. The van der Waals surface area contributed by atoms with E-state index >= 15 is 0 Å². The number of hydrogen-bond donors (Lipinski definition) is 1. The van der Waals surface area contributed by atoms with Crippen LogP contribution in [0, 0.1) is 0 Å².